The molecule has 0 aliphatic rings. The molecule has 0 bridgehead atoms. The van der Waals surface area contributed by atoms with Crippen molar-refractivity contribution in [2.24, 2.45) is 11.7 Å². The number of hydrogen-bond acceptors (Lipinski definition) is 3. The van der Waals surface area contributed by atoms with Gasteiger partial charge in [0.25, 0.3) is 0 Å². The smallest absolute Gasteiger partial charge is 0.312 e. The van der Waals surface area contributed by atoms with E-state index in [0.29, 0.717) is 13.1 Å². The fourth-order valence-corrected chi connectivity index (χ4v) is 1.56. The molecule has 0 heterocycles. The summed E-state index contributed by atoms with van der Waals surface area (Å²) in [6, 6.07) is 6.69. The summed E-state index contributed by atoms with van der Waals surface area (Å²) in [5.41, 5.74) is 6.63. The summed E-state index contributed by atoms with van der Waals surface area (Å²) in [6.45, 7) is 2.86. The zero-order valence-electron chi connectivity index (χ0n) is 11.2. The van der Waals surface area contributed by atoms with Crippen molar-refractivity contribution < 1.29 is 9.59 Å². The van der Waals surface area contributed by atoms with Crippen LogP contribution in [0.1, 0.15) is 12.5 Å². The third-order valence-corrected chi connectivity index (χ3v) is 2.65. The molecule has 0 fully saturated rings. The monoisotopic (exact) mass is 264 g/mol. The molecule has 0 saturated heterocycles. The number of urea groups is 1. The molecule has 104 valence electrons. The molecule has 1 aromatic carbocycles. The molecule has 0 saturated carbocycles. The summed E-state index contributed by atoms with van der Waals surface area (Å²) in [5, 5.41) is 8.29. The maximum atomic E-state index is 11.8. The molecule has 0 aliphatic heterocycles. The number of benzene rings is 1. The maximum absolute atomic E-state index is 11.8. The highest BCUT2D eigenvalue weighted by molar-refractivity contribution is 5.92. The van der Waals surface area contributed by atoms with Gasteiger partial charge in [0.15, 0.2) is 0 Å². The average Bonchev–Trinajstić information content (AvgIpc) is 2.38. The largest absolute Gasteiger partial charge is 0.352 e. The first-order chi connectivity index (χ1) is 9.02. The number of rotatable bonds is 6. The second-order valence-electron chi connectivity index (χ2n) is 4.36. The van der Waals surface area contributed by atoms with Gasteiger partial charge in [-0.2, -0.15) is 0 Å². The van der Waals surface area contributed by atoms with Crippen LogP contribution in [0.15, 0.2) is 24.3 Å². The topological polar surface area (TPSA) is 96.2 Å². The van der Waals surface area contributed by atoms with Crippen molar-refractivity contribution in [3.63, 3.8) is 0 Å². The van der Waals surface area contributed by atoms with Crippen LogP contribution in [-0.4, -0.2) is 25.5 Å². The van der Waals surface area contributed by atoms with E-state index in [1.54, 1.807) is 12.1 Å². The lowest BCUT2D eigenvalue weighted by Gasteiger charge is -2.12. The van der Waals surface area contributed by atoms with Crippen LogP contribution in [0.4, 0.5) is 10.5 Å². The lowest BCUT2D eigenvalue weighted by Crippen LogP contribution is -2.29. The first-order valence-corrected chi connectivity index (χ1v) is 6.10. The van der Waals surface area contributed by atoms with Crippen LogP contribution in [0.5, 0.6) is 0 Å². The fraction of sp³-hybridized carbons (Fsp3) is 0.385. The quantitative estimate of drug-likeness (QED) is 0.607. The molecular formula is C13H20N4O2. The predicted molar refractivity (Wildman–Crippen MR) is 74.6 cm³/mol. The Hall–Kier alpha value is -2.08. The Morgan fingerprint density at radius 1 is 1.26 bits per heavy atom. The molecule has 0 aliphatic carbocycles. The van der Waals surface area contributed by atoms with Gasteiger partial charge in [-0.15, -0.1) is 0 Å². The van der Waals surface area contributed by atoms with Crippen LogP contribution in [0.25, 0.3) is 0 Å². The first-order valence-electron chi connectivity index (χ1n) is 6.10. The van der Waals surface area contributed by atoms with E-state index in [1.165, 1.54) is 0 Å². The van der Waals surface area contributed by atoms with Crippen LogP contribution in [0.2, 0.25) is 0 Å². The molecular weight excluding hydrogens is 244 g/mol. The van der Waals surface area contributed by atoms with E-state index in [1.807, 2.05) is 26.1 Å². The molecule has 0 radical (unpaired) electrons. The summed E-state index contributed by atoms with van der Waals surface area (Å²) >= 11 is 0. The third kappa shape index (κ3) is 5.39. The Morgan fingerprint density at radius 3 is 2.42 bits per heavy atom. The number of carbonyl (C=O) groups is 2. The SMILES string of the molecule is CNCC(C)C(=O)Nc1ccc(CNC(N)=O)cc1. The standard InChI is InChI=1S/C13H20N4O2/c1-9(7-15-2)12(18)17-11-5-3-10(4-6-11)8-16-13(14)19/h3-6,9,15H,7-8H2,1-2H3,(H,17,18)(H3,14,16,19). The van der Waals surface area contributed by atoms with E-state index in [0.717, 1.165) is 11.3 Å². The van der Waals surface area contributed by atoms with Crippen molar-refractivity contribution in [2.45, 2.75) is 13.5 Å². The number of nitrogens with two attached hydrogens (primary N) is 1. The summed E-state index contributed by atoms with van der Waals surface area (Å²) in [4.78, 5) is 22.3. The van der Waals surface area contributed by atoms with Crippen molar-refractivity contribution in [3.05, 3.63) is 29.8 Å². The highest BCUT2D eigenvalue weighted by atomic mass is 16.2. The summed E-state index contributed by atoms with van der Waals surface area (Å²) in [5.74, 6) is -0.126. The number of hydrogen-bond donors (Lipinski definition) is 4. The maximum Gasteiger partial charge on any atom is 0.312 e. The van der Waals surface area contributed by atoms with Gasteiger partial charge in [0.2, 0.25) is 5.91 Å². The molecule has 1 unspecified atom stereocenters. The van der Waals surface area contributed by atoms with Gasteiger partial charge in [0.1, 0.15) is 0 Å². The second-order valence-corrected chi connectivity index (χ2v) is 4.36. The van der Waals surface area contributed by atoms with Crippen molar-refractivity contribution >= 4 is 17.6 Å². The number of anilines is 1. The third-order valence-electron chi connectivity index (χ3n) is 2.65. The summed E-state index contributed by atoms with van der Waals surface area (Å²) in [7, 11) is 1.81. The van der Waals surface area contributed by atoms with E-state index >= 15 is 0 Å². The predicted octanol–water partition coefficient (Wildman–Crippen LogP) is 0.649. The minimum Gasteiger partial charge on any atom is -0.352 e. The lowest BCUT2D eigenvalue weighted by molar-refractivity contribution is -0.119. The van der Waals surface area contributed by atoms with E-state index in [-0.39, 0.29) is 11.8 Å². The minimum atomic E-state index is -0.557. The molecule has 3 amide bonds. The van der Waals surface area contributed by atoms with Crippen molar-refractivity contribution in [1.29, 1.82) is 0 Å². The Kier molecular flexibility index (Phi) is 5.81. The highest BCUT2D eigenvalue weighted by Crippen LogP contribution is 2.10. The molecule has 6 heteroatoms. The van der Waals surface area contributed by atoms with Gasteiger partial charge in [-0.3, -0.25) is 4.79 Å². The van der Waals surface area contributed by atoms with Gasteiger partial charge in [-0.25, -0.2) is 4.79 Å². The fourth-order valence-electron chi connectivity index (χ4n) is 1.56. The number of amides is 3. The summed E-state index contributed by atoms with van der Waals surface area (Å²) < 4.78 is 0. The second kappa shape index (κ2) is 7.38. The zero-order valence-corrected chi connectivity index (χ0v) is 11.2. The number of nitrogens with one attached hydrogen (secondary N) is 3. The van der Waals surface area contributed by atoms with Crippen LogP contribution in [-0.2, 0) is 11.3 Å². The molecule has 0 aromatic heterocycles. The number of carbonyl (C=O) groups excluding carboxylic acids is 2. The molecule has 6 nitrogen and oxygen atoms in total. The van der Waals surface area contributed by atoms with Gasteiger partial charge in [0.05, 0.1) is 0 Å². The Balaban J connectivity index is 2.52. The molecule has 19 heavy (non-hydrogen) atoms. The van der Waals surface area contributed by atoms with Crippen molar-refractivity contribution in [3.8, 4) is 0 Å². The van der Waals surface area contributed by atoms with Crippen molar-refractivity contribution in [2.75, 3.05) is 18.9 Å². The van der Waals surface area contributed by atoms with Crippen LogP contribution in [0.3, 0.4) is 0 Å². The van der Waals surface area contributed by atoms with E-state index in [4.69, 9.17) is 5.73 Å². The number of primary amides is 1. The Bertz CT molecular complexity index is 431. The van der Waals surface area contributed by atoms with Crippen LogP contribution >= 0.6 is 0 Å². The molecule has 1 atom stereocenters. The molecule has 1 aromatic rings. The highest BCUT2D eigenvalue weighted by Gasteiger charge is 2.11. The average molecular weight is 264 g/mol. The van der Waals surface area contributed by atoms with Crippen LogP contribution in [0, 0.1) is 5.92 Å². The van der Waals surface area contributed by atoms with Gasteiger partial charge in [0, 0.05) is 24.7 Å². The Labute approximate surface area is 112 Å². The molecule has 1 rings (SSSR count). The van der Waals surface area contributed by atoms with Crippen LogP contribution < -0.4 is 21.7 Å². The lowest BCUT2D eigenvalue weighted by atomic mass is 10.1. The van der Waals surface area contributed by atoms with Gasteiger partial charge in [-0.1, -0.05) is 19.1 Å². The molecule has 5 N–H and O–H groups in total. The first kappa shape index (κ1) is 15.0. The normalized spacial score (nSPS) is 11.7. The summed E-state index contributed by atoms with van der Waals surface area (Å²) in [6.07, 6.45) is 0. The van der Waals surface area contributed by atoms with E-state index in [9.17, 15) is 9.59 Å². The van der Waals surface area contributed by atoms with E-state index < -0.39 is 6.03 Å². The van der Waals surface area contributed by atoms with Crippen molar-refractivity contribution in [1.82, 2.24) is 10.6 Å². The van der Waals surface area contributed by atoms with Gasteiger partial charge >= 0.3 is 6.03 Å². The Morgan fingerprint density at radius 2 is 1.89 bits per heavy atom. The minimum absolute atomic E-state index is 0.0302. The van der Waals surface area contributed by atoms with Gasteiger partial charge in [-0.05, 0) is 24.7 Å². The molecule has 0 spiro atoms. The zero-order chi connectivity index (χ0) is 14.3. The van der Waals surface area contributed by atoms with Gasteiger partial charge < -0.3 is 21.7 Å². The van der Waals surface area contributed by atoms with E-state index in [2.05, 4.69) is 16.0 Å².